The first kappa shape index (κ1) is 17.2. The summed E-state index contributed by atoms with van der Waals surface area (Å²) >= 11 is 0. The molecule has 2 fully saturated rings. The Balaban J connectivity index is 1.52. The second kappa shape index (κ2) is 7.16. The van der Waals surface area contributed by atoms with E-state index in [1.165, 1.54) is 22.8 Å². The Labute approximate surface area is 155 Å². The number of hydrogen-bond donors (Lipinski definition) is 1. The van der Waals surface area contributed by atoms with Crippen LogP contribution in [0.5, 0.6) is 5.75 Å². The van der Waals surface area contributed by atoms with Crippen molar-refractivity contribution in [1.82, 2.24) is 10.2 Å². The maximum atomic E-state index is 5.65. The number of rotatable bonds is 3. The van der Waals surface area contributed by atoms with Crippen molar-refractivity contribution in [2.75, 3.05) is 40.5 Å². The largest absolute Gasteiger partial charge is 0.496 e. The average Bonchev–Trinajstić information content (AvgIpc) is 3.32. The molecule has 2 heterocycles. The van der Waals surface area contributed by atoms with Crippen molar-refractivity contribution in [2.24, 2.45) is 10.4 Å². The Kier molecular flexibility index (Phi) is 4.72. The molecule has 2 aromatic rings. The van der Waals surface area contributed by atoms with Crippen molar-refractivity contribution in [3.63, 3.8) is 0 Å². The van der Waals surface area contributed by atoms with E-state index in [1.54, 1.807) is 7.11 Å². The van der Waals surface area contributed by atoms with E-state index in [9.17, 15) is 0 Å². The van der Waals surface area contributed by atoms with E-state index >= 15 is 0 Å². The van der Waals surface area contributed by atoms with Gasteiger partial charge in [0, 0.05) is 44.3 Å². The summed E-state index contributed by atoms with van der Waals surface area (Å²) in [6.45, 7) is 4.54. The maximum Gasteiger partial charge on any atom is 0.193 e. The lowest BCUT2D eigenvalue weighted by Gasteiger charge is -2.25. The standard InChI is InChI=1S/C21H27N3O2/c1-22-20(24-11-9-21(14-24)10-12-26-15-21)23-13-18-17-6-4-3-5-16(17)7-8-19(18)25-2/h3-8H,9-15H2,1-2H3,(H,22,23). The van der Waals surface area contributed by atoms with E-state index in [4.69, 9.17) is 9.47 Å². The van der Waals surface area contributed by atoms with Crippen LogP contribution in [-0.4, -0.2) is 51.3 Å². The van der Waals surface area contributed by atoms with E-state index < -0.39 is 0 Å². The first-order valence-corrected chi connectivity index (χ1v) is 9.33. The molecule has 2 aliphatic heterocycles. The summed E-state index contributed by atoms with van der Waals surface area (Å²) in [6.07, 6.45) is 2.35. The van der Waals surface area contributed by atoms with Crippen molar-refractivity contribution in [3.8, 4) is 5.75 Å². The van der Waals surface area contributed by atoms with Crippen LogP contribution in [0, 0.1) is 5.41 Å². The second-order valence-corrected chi connectivity index (χ2v) is 7.34. The van der Waals surface area contributed by atoms with Gasteiger partial charge in [0.15, 0.2) is 5.96 Å². The number of ether oxygens (including phenoxy) is 2. The van der Waals surface area contributed by atoms with Gasteiger partial charge in [0.1, 0.15) is 5.75 Å². The molecule has 0 bridgehead atoms. The van der Waals surface area contributed by atoms with Crippen LogP contribution >= 0.6 is 0 Å². The first-order chi connectivity index (χ1) is 12.7. The Morgan fingerprint density at radius 2 is 2.15 bits per heavy atom. The molecule has 1 spiro atoms. The zero-order chi connectivity index (χ0) is 18.0. The molecule has 0 aromatic heterocycles. The van der Waals surface area contributed by atoms with Crippen LogP contribution in [0.25, 0.3) is 10.8 Å². The zero-order valence-electron chi connectivity index (χ0n) is 15.6. The fraction of sp³-hybridized carbons (Fsp3) is 0.476. The summed E-state index contributed by atoms with van der Waals surface area (Å²) in [5.41, 5.74) is 1.50. The fourth-order valence-electron chi connectivity index (χ4n) is 4.28. The molecular formula is C21H27N3O2. The van der Waals surface area contributed by atoms with Crippen LogP contribution in [0.2, 0.25) is 0 Å². The number of guanidine groups is 1. The number of methoxy groups -OCH3 is 1. The molecule has 1 N–H and O–H groups in total. The Bertz CT molecular complexity index is 812. The number of nitrogens with zero attached hydrogens (tertiary/aromatic N) is 2. The number of nitrogens with one attached hydrogen (secondary N) is 1. The molecule has 0 amide bonds. The van der Waals surface area contributed by atoms with Gasteiger partial charge < -0.3 is 19.7 Å². The third-order valence-corrected chi connectivity index (χ3v) is 5.78. The Morgan fingerprint density at radius 3 is 2.92 bits per heavy atom. The van der Waals surface area contributed by atoms with Gasteiger partial charge in [0.25, 0.3) is 0 Å². The number of likely N-dealkylation sites (tertiary alicyclic amines) is 1. The molecule has 5 nitrogen and oxygen atoms in total. The summed E-state index contributed by atoms with van der Waals surface area (Å²) in [7, 11) is 3.59. The van der Waals surface area contributed by atoms with E-state index in [2.05, 4.69) is 45.5 Å². The third-order valence-electron chi connectivity index (χ3n) is 5.78. The molecule has 1 unspecified atom stereocenters. The summed E-state index contributed by atoms with van der Waals surface area (Å²) in [6, 6.07) is 12.6. The smallest absolute Gasteiger partial charge is 0.193 e. The van der Waals surface area contributed by atoms with Gasteiger partial charge >= 0.3 is 0 Å². The predicted octanol–water partition coefficient (Wildman–Crippen LogP) is 3.04. The maximum absolute atomic E-state index is 5.65. The van der Waals surface area contributed by atoms with Crippen LogP contribution in [0.3, 0.4) is 0 Å². The number of benzene rings is 2. The van der Waals surface area contributed by atoms with Crippen LogP contribution in [0.1, 0.15) is 18.4 Å². The second-order valence-electron chi connectivity index (χ2n) is 7.34. The van der Waals surface area contributed by atoms with Crippen molar-refractivity contribution in [3.05, 3.63) is 42.0 Å². The zero-order valence-corrected chi connectivity index (χ0v) is 15.6. The van der Waals surface area contributed by atoms with E-state index in [0.717, 1.165) is 44.4 Å². The van der Waals surface area contributed by atoms with E-state index in [0.29, 0.717) is 12.0 Å². The minimum absolute atomic E-state index is 0.328. The summed E-state index contributed by atoms with van der Waals surface area (Å²) in [5, 5.41) is 6.00. The molecule has 138 valence electrons. The lowest BCUT2D eigenvalue weighted by molar-refractivity contribution is 0.156. The minimum Gasteiger partial charge on any atom is -0.496 e. The number of aliphatic imine (C=N–C) groups is 1. The predicted molar refractivity (Wildman–Crippen MR) is 105 cm³/mol. The lowest BCUT2D eigenvalue weighted by atomic mass is 9.87. The monoisotopic (exact) mass is 353 g/mol. The van der Waals surface area contributed by atoms with Crippen LogP contribution < -0.4 is 10.1 Å². The molecule has 0 aliphatic carbocycles. The molecule has 0 saturated carbocycles. The fourth-order valence-corrected chi connectivity index (χ4v) is 4.28. The summed E-state index contributed by atoms with van der Waals surface area (Å²) in [5.74, 6) is 1.87. The van der Waals surface area contributed by atoms with Gasteiger partial charge in [-0.3, -0.25) is 4.99 Å². The first-order valence-electron chi connectivity index (χ1n) is 9.33. The Morgan fingerprint density at radius 1 is 1.27 bits per heavy atom. The van der Waals surface area contributed by atoms with Crippen LogP contribution in [-0.2, 0) is 11.3 Å². The van der Waals surface area contributed by atoms with Gasteiger partial charge in [-0.1, -0.05) is 30.3 Å². The molecule has 2 aromatic carbocycles. The van der Waals surface area contributed by atoms with E-state index in [1.807, 2.05) is 13.1 Å². The van der Waals surface area contributed by atoms with Crippen LogP contribution in [0.4, 0.5) is 0 Å². The molecule has 2 saturated heterocycles. The third kappa shape index (κ3) is 3.12. The van der Waals surface area contributed by atoms with Crippen molar-refractivity contribution in [1.29, 1.82) is 0 Å². The quantitative estimate of drug-likeness (QED) is 0.681. The highest BCUT2D eigenvalue weighted by Crippen LogP contribution is 2.38. The number of hydrogen-bond acceptors (Lipinski definition) is 3. The molecule has 5 heteroatoms. The minimum atomic E-state index is 0.328. The van der Waals surface area contributed by atoms with Gasteiger partial charge in [-0.05, 0) is 29.7 Å². The van der Waals surface area contributed by atoms with Crippen molar-refractivity contribution >= 4 is 16.7 Å². The Hall–Kier alpha value is -2.27. The molecule has 0 radical (unpaired) electrons. The highest BCUT2D eigenvalue weighted by molar-refractivity contribution is 5.88. The number of fused-ring (bicyclic) bond motifs is 1. The average molecular weight is 353 g/mol. The molecule has 2 aliphatic rings. The van der Waals surface area contributed by atoms with Crippen LogP contribution in [0.15, 0.2) is 41.4 Å². The van der Waals surface area contributed by atoms with Crippen molar-refractivity contribution in [2.45, 2.75) is 19.4 Å². The molecule has 26 heavy (non-hydrogen) atoms. The normalized spacial score (nSPS) is 23.2. The summed E-state index contributed by atoms with van der Waals surface area (Å²) < 4.78 is 11.3. The van der Waals surface area contributed by atoms with Crippen molar-refractivity contribution < 1.29 is 9.47 Å². The lowest BCUT2D eigenvalue weighted by Crippen LogP contribution is -2.41. The SMILES string of the molecule is CN=C(NCc1c(OC)ccc2ccccc12)N1CCC2(CCOC2)C1. The topological polar surface area (TPSA) is 46.1 Å². The van der Waals surface area contributed by atoms with E-state index in [-0.39, 0.29) is 0 Å². The highest BCUT2D eigenvalue weighted by Gasteiger charge is 2.42. The van der Waals surface area contributed by atoms with Gasteiger partial charge in [-0.15, -0.1) is 0 Å². The van der Waals surface area contributed by atoms with Gasteiger partial charge in [-0.2, -0.15) is 0 Å². The van der Waals surface area contributed by atoms with Gasteiger partial charge in [0.05, 0.1) is 13.7 Å². The molecule has 1 atom stereocenters. The van der Waals surface area contributed by atoms with Gasteiger partial charge in [-0.25, -0.2) is 0 Å². The summed E-state index contributed by atoms with van der Waals surface area (Å²) in [4.78, 5) is 6.89. The molecule has 4 rings (SSSR count). The highest BCUT2D eigenvalue weighted by atomic mass is 16.5. The van der Waals surface area contributed by atoms with Gasteiger partial charge in [0.2, 0.25) is 0 Å². The molecular weight excluding hydrogens is 326 g/mol.